The molecule has 96 valence electrons. The van der Waals surface area contributed by atoms with Crippen molar-refractivity contribution < 1.29 is 9.90 Å². The van der Waals surface area contributed by atoms with Crippen LogP contribution in [0.25, 0.3) is 11.0 Å². The van der Waals surface area contributed by atoms with Crippen molar-refractivity contribution in [2.45, 2.75) is 11.3 Å². The average molecular weight is 303 g/mol. The van der Waals surface area contributed by atoms with Gasteiger partial charge in [-0.3, -0.25) is 4.79 Å². The molecule has 0 unspecified atom stereocenters. The molecule has 2 rings (SSSR count). The lowest BCUT2D eigenvalue weighted by atomic mass is 10.3. The van der Waals surface area contributed by atoms with Crippen molar-refractivity contribution in [3.63, 3.8) is 0 Å². The number of H-pyrrole nitrogens is 1. The van der Waals surface area contributed by atoms with Crippen molar-refractivity contribution >= 4 is 52.6 Å². The molecular formula is C11H11ClN2O2S2. The van der Waals surface area contributed by atoms with Crippen LogP contribution in [0.1, 0.15) is 6.42 Å². The summed E-state index contributed by atoms with van der Waals surface area (Å²) >= 11 is 12.7. The molecular weight excluding hydrogens is 292 g/mol. The number of benzene rings is 1. The summed E-state index contributed by atoms with van der Waals surface area (Å²) < 4.78 is 2.50. The van der Waals surface area contributed by atoms with Crippen LogP contribution in [0.2, 0.25) is 5.02 Å². The Labute approximate surface area is 118 Å². The molecule has 0 aliphatic carbocycles. The Bertz CT molecular complexity index is 663. The van der Waals surface area contributed by atoms with Crippen LogP contribution >= 0.6 is 35.6 Å². The first-order valence-electron chi connectivity index (χ1n) is 5.22. The number of hydrogen-bond donors (Lipinski definition) is 2. The molecule has 0 radical (unpaired) electrons. The van der Waals surface area contributed by atoms with Gasteiger partial charge in [0.2, 0.25) is 0 Å². The maximum absolute atomic E-state index is 10.5. The molecule has 18 heavy (non-hydrogen) atoms. The van der Waals surface area contributed by atoms with Crippen LogP contribution in [0.4, 0.5) is 0 Å². The quantitative estimate of drug-likeness (QED) is 0.671. The Kier molecular flexibility index (Phi) is 3.99. The number of halogens is 1. The highest BCUT2D eigenvalue weighted by Crippen LogP contribution is 2.31. The number of nitrogens with zero attached hydrogens (tertiary/aromatic N) is 1. The van der Waals surface area contributed by atoms with E-state index in [9.17, 15) is 4.79 Å². The van der Waals surface area contributed by atoms with E-state index in [0.717, 1.165) is 15.9 Å². The van der Waals surface area contributed by atoms with E-state index < -0.39 is 5.97 Å². The minimum Gasteiger partial charge on any atom is -0.481 e. The molecule has 0 aliphatic rings. The number of carboxylic acids is 1. The van der Waals surface area contributed by atoms with Gasteiger partial charge in [-0.25, -0.2) is 0 Å². The number of fused-ring (bicyclic) bond motifs is 1. The number of hydrogen-bond acceptors (Lipinski definition) is 3. The highest BCUT2D eigenvalue weighted by molar-refractivity contribution is 7.99. The number of nitrogens with one attached hydrogen (secondary N) is 1. The predicted octanol–water partition coefficient (Wildman–Crippen LogP) is 3.46. The molecule has 0 saturated heterocycles. The molecule has 2 N–H and O–H groups in total. The smallest absolute Gasteiger partial charge is 0.304 e. The van der Waals surface area contributed by atoms with E-state index in [1.807, 2.05) is 23.7 Å². The van der Waals surface area contributed by atoms with E-state index in [-0.39, 0.29) is 6.42 Å². The summed E-state index contributed by atoms with van der Waals surface area (Å²) in [6.45, 7) is 0. The second kappa shape index (κ2) is 5.34. The number of rotatable bonds is 4. The zero-order valence-corrected chi connectivity index (χ0v) is 12.0. The maximum atomic E-state index is 10.5. The number of carbonyl (C=O) groups is 1. The highest BCUT2D eigenvalue weighted by Gasteiger charge is 2.08. The molecule has 0 atom stereocenters. The van der Waals surface area contributed by atoms with Crippen LogP contribution in [0.15, 0.2) is 17.0 Å². The minimum atomic E-state index is -0.806. The molecule has 0 amide bonds. The van der Waals surface area contributed by atoms with Gasteiger partial charge in [0.05, 0.1) is 22.5 Å². The molecule has 0 bridgehead atoms. The third-order valence-electron chi connectivity index (χ3n) is 2.53. The van der Waals surface area contributed by atoms with Gasteiger partial charge in [-0.2, -0.15) is 0 Å². The van der Waals surface area contributed by atoms with E-state index in [4.69, 9.17) is 28.9 Å². The number of aryl methyl sites for hydroxylation is 1. The lowest BCUT2D eigenvalue weighted by Crippen LogP contribution is -1.96. The molecule has 0 spiro atoms. The van der Waals surface area contributed by atoms with Gasteiger partial charge in [0.1, 0.15) is 0 Å². The third kappa shape index (κ3) is 2.71. The van der Waals surface area contributed by atoms with Crippen LogP contribution < -0.4 is 0 Å². The van der Waals surface area contributed by atoms with Gasteiger partial charge in [0, 0.05) is 17.7 Å². The normalized spacial score (nSPS) is 11.0. The first-order chi connectivity index (χ1) is 8.49. The summed E-state index contributed by atoms with van der Waals surface area (Å²) in [5.41, 5.74) is 1.84. The maximum Gasteiger partial charge on any atom is 0.304 e. The van der Waals surface area contributed by atoms with Gasteiger partial charge in [-0.1, -0.05) is 11.6 Å². The summed E-state index contributed by atoms with van der Waals surface area (Å²) in [5, 5.41) is 9.22. The number of thioether (sulfide) groups is 1. The number of aromatic nitrogens is 2. The average Bonchev–Trinajstić information content (AvgIpc) is 2.55. The molecule has 0 saturated carbocycles. The highest BCUT2D eigenvalue weighted by atomic mass is 35.5. The summed E-state index contributed by atoms with van der Waals surface area (Å²) in [6.07, 6.45) is 0.116. The van der Waals surface area contributed by atoms with Gasteiger partial charge in [-0.05, 0) is 24.4 Å². The van der Waals surface area contributed by atoms with Crippen molar-refractivity contribution in [3.05, 3.63) is 21.9 Å². The van der Waals surface area contributed by atoms with E-state index in [0.29, 0.717) is 15.5 Å². The Morgan fingerprint density at radius 2 is 2.33 bits per heavy atom. The Hall–Kier alpha value is -0.980. The molecule has 0 fully saturated rings. The minimum absolute atomic E-state index is 0.116. The van der Waals surface area contributed by atoms with Crippen molar-refractivity contribution in [3.8, 4) is 0 Å². The van der Waals surface area contributed by atoms with Gasteiger partial charge in [0.25, 0.3) is 0 Å². The monoisotopic (exact) mass is 302 g/mol. The second-order valence-electron chi connectivity index (χ2n) is 3.78. The molecule has 0 aliphatic heterocycles. The lowest BCUT2D eigenvalue weighted by molar-refractivity contribution is -0.136. The van der Waals surface area contributed by atoms with Gasteiger partial charge in [-0.15, -0.1) is 11.8 Å². The molecule has 4 nitrogen and oxygen atoms in total. The number of aromatic amines is 1. The lowest BCUT2D eigenvalue weighted by Gasteiger charge is -2.04. The molecule has 1 aromatic heterocycles. The zero-order valence-electron chi connectivity index (χ0n) is 9.57. The largest absolute Gasteiger partial charge is 0.481 e. The summed E-state index contributed by atoms with van der Waals surface area (Å²) in [5.74, 6) is -0.310. The fourth-order valence-corrected chi connectivity index (χ4v) is 3.01. The number of carboxylic acid groups (broad SMARTS) is 1. The van der Waals surface area contributed by atoms with Crippen molar-refractivity contribution in [1.82, 2.24) is 9.55 Å². The number of aliphatic carboxylic acids is 1. The standard InChI is InChI=1S/C11H11ClN2O2S2/c1-14-8-5-9(18-3-2-10(15)16)6(12)4-7(8)13-11(14)17/h4-5H,2-3H2,1H3,(H,13,17)(H,15,16). The van der Waals surface area contributed by atoms with Crippen molar-refractivity contribution in [2.24, 2.45) is 7.05 Å². The fourth-order valence-electron chi connectivity index (χ4n) is 1.59. The zero-order chi connectivity index (χ0) is 13.3. The Balaban J connectivity index is 2.33. The van der Waals surface area contributed by atoms with E-state index in [1.165, 1.54) is 11.8 Å². The summed E-state index contributed by atoms with van der Waals surface area (Å²) in [4.78, 5) is 14.4. The third-order valence-corrected chi connectivity index (χ3v) is 4.39. The first-order valence-corrected chi connectivity index (χ1v) is 6.99. The predicted molar refractivity (Wildman–Crippen MR) is 76.1 cm³/mol. The Morgan fingerprint density at radius 3 is 3.00 bits per heavy atom. The molecule has 2 aromatic rings. The van der Waals surface area contributed by atoms with Crippen LogP contribution in [-0.2, 0) is 11.8 Å². The first kappa shape index (κ1) is 13.5. The van der Waals surface area contributed by atoms with Crippen LogP contribution in [0.5, 0.6) is 0 Å². The second-order valence-corrected chi connectivity index (χ2v) is 5.71. The Morgan fingerprint density at radius 1 is 1.61 bits per heavy atom. The summed E-state index contributed by atoms with van der Waals surface area (Å²) in [7, 11) is 1.88. The van der Waals surface area contributed by atoms with E-state index in [2.05, 4.69) is 4.98 Å². The fraction of sp³-hybridized carbons (Fsp3) is 0.273. The van der Waals surface area contributed by atoms with E-state index >= 15 is 0 Å². The molecule has 1 heterocycles. The van der Waals surface area contributed by atoms with E-state index in [1.54, 1.807) is 0 Å². The number of imidazole rings is 1. The summed E-state index contributed by atoms with van der Waals surface area (Å²) in [6, 6.07) is 3.74. The van der Waals surface area contributed by atoms with Crippen molar-refractivity contribution in [1.29, 1.82) is 0 Å². The van der Waals surface area contributed by atoms with Gasteiger partial charge in [0.15, 0.2) is 4.77 Å². The molecule has 1 aromatic carbocycles. The van der Waals surface area contributed by atoms with Crippen LogP contribution in [-0.4, -0.2) is 26.4 Å². The van der Waals surface area contributed by atoms with Crippen molar-refractivity contribution in [2.75, 3.05) is 5.75 Å². The van der Waals surface area contributed by atoms with Gasteiger partial charge < -0.3 is 14.7 Å². The topological polar surface area (TPSA) is 58.0 Å². The van der Waals surface area contributed by atoms with Crippen LogP contribution in [0.3, 0.4) is 0 Å². The SMILES string of the molecule is Cn1c(=S)[nH]c2cc(Cl)c(SCCC(=O)O)cc21. The molecule has 7 heteroatoms. The van der Waals surface area contributed by atoms with Gasteiger partial charge >= 0.3 is 5.97 Å². The van der Waals surface area contributed by atoms with Crippen LogP contribution in [0, 0.1) is 4.77 Å².